The van der Waals surface area contributed by atoms with Gasteiger partial charge in [0.2, 0.25) is 5.91 Å². The first-order chi connectivity index (χ1) is 15.1. The lowest BCUT2D eigenvalue weighted by atomic mass is 9.95. The minimum atomic E-state index is -0.280. The number of carbonyl (C=O) groups is 2. The SMILES string of the molecule is O=C(NCc1ccc(F)cc1)C1CCN(c2cc(C(=O)N3CCCCC3)ccn2)CC1. The molecule has 1 aromatic carbocycles. The van der Waals surface area contributed by atoms with Gasteiger partial charge in [0.15, 0.2) is 0 Å². The minimum Gasteiger partial charge on any atom is -0.357 e. The molecule has 0 unspecified atom stereocenters. The molecule has 0 atom stereocenters. The number of halogens is 1. The first kappa shape index (κ1) is 21.3. The number of likely N-dealkylation sites (tertiary alicyclic amines) is 1. The molecular formula is C24H29FN4O2. The summed E-state index contributed by atoms with van der Waals surface area (Å²) in [4.78, 5) is 33.9. The summed E-state index contributed by atoms with van der Waals surface area (Å²) < 4.78 is 13.0. The third-order valence-corrected chi connectivity index (χ3v) is 6.21. The fraction of sp³-hybridized carbons (Fsp3) is 0.458. The van der Waals surface area contributed by atoms with Crippen molar-refractivity contribution in [3.8, 4) is 0 Å². The van der Waals surface area contributed by atoms with Crippen molar-refractivity contribution in [3.63, 3.8) is 0 Å². The Kier molecular flexibility index (Phi) is 6.79. The Balaban J connectivity index is 1.29. The Bertz CT molecular complexity index is 904. The Morgan fingerprint density at radius 2 is 1.71 bits per heavy atom. The first-order valence-electron chi connectivity index (χ1n) is 11.1. The number of carbonyl (C=O) groups excluding carboxylic acids is 2. The van der Waals surface area contributed by atoms with Crippen molar-refractivity contribution < 1.29 is 14.0 Å². The van der Waals surface area contributed by atoms with E-state index >= 15 is 0 Å². The molecule has 31 heavy (non-hydrogen) atoms. The van der Waals surface area contributed by atoms with Crippen molar-refractivity contribution in [2.24, 2.45) is 5.92 Å². The fourth-order valence-corrected chi connectivity index (χ4v) is 4.31. The van der Waals surface area contributed by atoms with Crippen LogP contribution in [-0.4, -0.2) is 47.9 Å². The average molecular weight is 425 g/mol. The molecule has 0 bridgehead atoms. The van der Waals surface area contributed by atoms with Gasteiger partial charge >= 0.3 is 0 Å². The average Bonchev–Trinajstić information content (AvgIpc) is 2.84. The molecule has 4 rings (SSSR count). The van der Waals surface area contributed by atoms with E-state index in [2.05, 4.69) is 15.2 Å². The monoisotopic (exact) mass is 424 g/mol. The van der Waals surface area contributed by atoms with Gasteiger partial charge in [0, 0.05) is 50.4 Å². The maximum absolute atomic E-state index is 13.0. The van der Waals surface area contributed by atoms with E-state index < -0.39 is 0 Å². The Labute approximate surface area is 182 Å². The summed E-state index contributed by atoms with van der Waals surface area (Å²) in [6.45, 7) is 3.51. The number of nitrogens with one attached hydrogen (secondary N) is 1. The number of aromatic nitrogens is 1. The van der Waals surface area contributed by atoms with Crippen LogP contribution in [0.15, 0.2) is 42.6 Å². The molecular weight excluding hydrogens is 395 g/mol. The molecule has 2 aliphatic rings. The molecule has 1 aromatic heterocycles. The summed E-state index contributed by atoms with van der Waals surface area (Å²) in [5.74, 6) is 0.588. The number of piperidine rings is 2. The predicted molar refractivity (Wildman–Crippen MR) is 117 cm³/mol. The van der Waals surface area contributed by atoms with E-state index in [4.69, 9.17) is 0 Å². The highest BCUT2D eigenvalue weighted by Crippen LogP contribution is 2.23. The number of rotatable bonds is 5. The van der Waals surface area contributed by atoms with Crippen molar-refractivity contribution >= 4 is 17.6 Å². The lowest BCUT2D eigenvalue weighted by Gasteiger charge is -2.32. The zero-order valence-corrected chi connectivity index (χ0v) is 17.7. The van der Waals surface area contributed by atoms with E-state index in [1.165, 1.54) is 18.6 Å². The minimum absolute atomic E-state index is 0.0333. The number of hydrogen-bond donors (Lipinski definition) is 1. The quantitative estimate of drug-likeness (QED) is 0.799. The lowest BCUT2D eigenvalue weighted by Crippen LogP contribution is -2.41. The number of pyridine rings is 1. The smallest absolute Gasteiger partial charge is 0.254 e. The molecule has 0 saturated carbocycles. The van der Waals surface area contributed by atoms with Gasteiger partial charge in [0.25, 0.3) is 5.91 Å². The normalized spacial score (nSPS) is 17.5. The van der Waals surface area contributed by atoms with Gasteiger partial charge in [-0.25, -0.2) is 9.37 Å². The van der Waals surface area contributed by atoms with E-state index in [9.17, 15) is 14.0 Å². The van der Waals surface area contributed by atoms with Gasteiger partial charge in [-0.1, -0.05) is 12.1 Å². The van der Waals surface area contributed by atoms with Crippen molar-refractivity contribution in [1.29, 1.82) is 0 Å². The molecule has 2 aromatic rings. The molecule has 7 heteroatoms. The molecule has 0 aliphatic carbocycles. The van der Waals surface area contributed by atoms with Crippen molar-refractivity contribution in [1.82, 2.24) is 15.2 Å². The second kappa shape index (κ2) is 9.90. The standard InChI is InChI=1S/C24H29FN4O2/c25-21-6-4-18(5-7-21)17-27-23(30)19-9-14-28(15-10-19)22-16-20(8-11-26-22)24(31)29-12-2-1-3-13-29/h4-8,11,16,19H,1-3,9-10,12-15,17H2,(H,27,30). The molecule has 164 valence electrons. The highest BCUT2D eigenvalue weighted by molar-refractivity contribution is 5.95. The number of amides is 2. The second-order valence-electron chi connectivity index (χ2n) is 8.36. The van der Waals surface area contributed by atoms with Gasteiger partial charge in [0.05, 0.1) is 0 Å². The van der Waals surface area contributed by atoms with Gasteiger partial charge in [0.1, 0.15) is 11.6 Å². The lowest BCUT2D eigenvalue weighted by molar-refractivity contribution is -0.125. The third kappa shape index (κ3) is 5.40. The maximum atomic E-state index is 13.0. The summed E-state index contributed by atoms with van der Waals surface area (Å²) in [5, 5.41) is 2.96. The van der Waals surface area contributed by atoms with Crippen LogP contribution in [0.3, 0.4) is 0 Å². The van der Waals surface area contributed by atoms with Crippen LogP contribution in [0.25, 0.3) is 0 Å². The van der Waals surface area contributed by atoms with Gasteiger partial charge < -0.3 is 15.1 Å². The van der Waals surface area contributed by atoms with E-state index in [0.29, 0.717) is 12.1 Å². The van der Waals surface area contributed by atoms with Gasteiger partial charge in [-0.05, 0) is 61.9 Å². The van der Waals surface area contributed by atoms with Gasteiger partial charge in [-0.3, -0.25) is 9.59 Å². The summed E-state index contributed by atoms with van der Waals surface area (Å²) in [7, 11) is 0. The summed E-state index contributed by atoms with van der Waals surface area (Å²) in [5.41, 5.74) is 1.57. The Morgan fingerprint density at radius 1 is 1.00 bits per heavy atom. The van der Waals surface area contributed by atoms with E-state index in [0.717, 1.165) is 63.2 Å². The summed E-state index contributed by atoms with van der Waals surface area (Å²) in [6, 6.07) is 9.83. The highest BCUT2D eigenvalue weighted by Gasteiger charge is 2.26. The van der Waals surface area contributed by atoms with E-state index in [-0.39, 0.29) is 23.5 Å². The van der Waals surface area contributed by atoms with E-state index in [1.54, 1.807) is 24.4 Å². The molecule has 0 spiro atoms. The van der Waals surface area contributed by atoms with Crippen molar-refractivity contribution in [3.05, 3.63) is 59.5 Å². The number of hydrogen-bond acceptors (Lipinski definition) is 4. The zero-order chi connectivity index (χ0) is 21.6. The number of nitrogens with zero attached hydrogens (tertiary/aromatic N) is 3. The molecule has 2 fully saturated rings. The summed E-state index contributed by atoms with van der Waals surface area (Å²) >= 11 is 0. The number of benzene rings is 1. The zero-order valence-electron chi connectivity index (χ0n) is 17.7. The topological polar surface area (TPSA) is 65.5 Å². The van der Waals surface area contributed by atoms with Crippen LogP contribution in [0, 0.1) is 11.7 Å². The Morgan fingerprint density at radius 3 is 2.42 bits per heavy atom. The van der Waals surface area contributed by atoms with Crippen LogP contribution in [0.2, 0.25) is 0 Å². The maximum Gasteiger partial charge on any atom is 0.254 e. The summed E-state index contributed by atoms with van der Waals surface area (Å²) in [6.07, 6.45) is 6.51. The largest absolute Gasteiger partial charge is 0.357 e. The third-order valence-electron chi connectivity index (χ3n) is 6.21. The number of anilines is 1. The van der Waals surface area contributed by atoms with Crippen LogP contribution in [0.5, 0.6) is 0 Å². The van der Waals surface area contributed by atoms with E-state index in [1.807, 2.05) is 11.0 Å². The van der Waals surface area contributed by atoms with Crippen LogP contribution < -0.4 is 10.2 Å². The molecule has 2 amide bonds. The molecule has 2 saturated heterocycles. The van der Waals surface area contributed by atoms with Crippen LogP contribution in [-0.2, 0) is 11.3 Å². The van der Waals surface area contributed by atoms with Crippen LogP contribution in [0.4, 0.5) is 10.2 Å². The van der Waals surface area contributed by atoms with Gasteiger partial charge in [-0.15, -0.1) is 0 Å². The molecule has 6 nitrogen and oxygen atoms in total. The van der Waals surface area contributed by atoms with Crippen molar-refractivity contribution in [2.45, 2.75) is 38.6 Å². The fourth-order valence-electron chi connectivity index (χ4n) is 4.31. The van der Waals surface area contributed by atoms with Crippen molar-refractivity contribution in [2.75, 3.05) is 31.1 Å². The molecule has 2 aliphatic heterocycles. The van der Waals surface area contributed by atoms with Crippen LogP contribution in [0.1, 0.15) is 48.0 Å². The first-order valence-corrected chi connectivity index (χ1v) is 11.1. The predicted octanol–water partition coefficient (Wildman–Crippen LogP) is 3.38. The molecule has 0 radical (unpaired) electrons. The second-order valence-corrected chi connectivity index (χ2v) is 8.36. The van der Waals surface area contributed by atoms with Crippen LogP contribution >= 0.6 is 0 Å². The molecule has 1 N–H and O–H groups in total. The van der Waals surface area contributed by atoms with Gasteiger partial charge in [-0.2, -0.15) is 0 Å². The Hall–Kier alpha value is -2.96. The molecule has 3 heterocycles. The highest BCUT2D eigenvalue weighted by atomic mass is 19.1.